The van der Waals surface area contributed by atoms with E-state index in [0.717, 1.165) is 29.0 Å². The molecule has 3 atom stereocenters. The molecule has 1 N–H and O–H groups in total. The molecule has 4 aromatic carbocycles. The van der Waals surface area contributed by atoms with E-state index in [1.54, 1.807) is 0 Å². The van der Waals surface area contributed by atoms with Gasteiger partial charge in [0.05, 0.1) is 6.61 Å². The number of aliphatic hydroxyl groups is 1. The molecule has 0 amide bonds. The van der Waals surface area contributed by atoms with Gasteiger partial charge in [-0.3, -0.25) is 0 Å². The van der Waals surface area contributed by atoms with E-state index >= 15 is 0 Å². The zero-order valence-electron chi connectivity index (χ0n) is 28.4. The zero-order chi connectivity index (χ0) is 34.4. The molecule has 2 fully saturated rings. The lowest BCUT2D eigenvalue weighted by molar-refractivity contribution is 0.0626. The van der Waals surface area contributed by atoms with Gasteiger partial charge in [0.25, 0.3) is 0 Å². The fourth-order valence-corrected chi connectivity index (χ4v) is 5.63. The summed E-state index contributed by atoms with van der Waals surface area (Å²) in [4.78, 5) is 11.1. The van der Waals surface area contributed by atoms with Gasteiger partial charge in [-0.25, -0.2) is 4.79 Å². The maximum Gasteiger partial charge on any atom is 0.508 e. The van der Waals surface area contributed by atoms with Crippen LogP contribution in [-0.4, -0.2) is 69.2 Å². The number of benzene rings is 4. The maximum atomic E-state index is 11.1. The SMILES string of the molecule is CC(C)(c1ccc(OCC(O)COc2ccc(C(C)(C)c3ccc(OCC4COC(=O)O4)cc3)cc2)cc1)c1ccc(OCC2CO2)cc1. The summed E-state index contributed by atoms with van der Waals surface area (Å²) in [5.74, 6) is 2.89. The van der Waals surface area contributed by atoms with Crippen molar-refractivity contribution in [1.29, 1.82) is 0 Å². The standard InChI is InChI=1S/C40H44O9/c1-39(2,29-9-17-34(18-10-29)45-23-36-24-47-36)27-5-13-32(14-6-27)43-21-31(41)22-44-33-15-7-28(8-16-33)40(3,4)30-11-19-35(20-12-30)46-25-37-26-48-38(42)49-37/h5-20,31,36-37,41H,21-26H2,1-4H3. The second kappa shape index (κ2) is 14.8. The molecule has 2 aliphatic rings. The van der Waals surface area contributed by atoms with Crippen LogP contribution in [0.5, 0.6) is 23.0 Å². The van der Waals surface area contributed by atoms with Crippen LogP contribution in [0.4, 0.5) is 4.79 Å². The predicted molar refractivity (Wildman–Crippen MR) is 184 cm³/mol. The Kier molecular flexibility index (Phi) is 10.3. The quantitative estimate of drug-likeness (QED) is 0.101. The number of epoxide rings is 1. The average Bonchev–Trinajstić information content (AvgIpc) is 3.86. The van der Waals surface area contributed by atoms with Crippen molar-refractivity contribution in [1.82, 2.24) is 0 Å². The summed E-state index contributed by atoms with van der Waals surface area (Å²) in [5.41, 5.74) is 4.09. The van der Waals surface area contributed by atoms with Gasteiger partial charge in [0.1, 0.15) is 68.2 Å². The number of aliphatic hydroxyl groups excluding tert-OH is 1. The Morgan fingerprint density at radius 1 is 0.592 bits per heavy atom. The van der Waals surface area contributed by atoms with E-state index in [1.807, 2.05) is 72.8 Å². The summed E-state index contributed by atoms with van der Waals surface area (Å²) in [6.45, 7) is 10.7. The minimum Gasteiger partial charge on any atom is -0.491 e. The molecule has 2 heterocycles. The third kappa shape index (κ3) is 8.85. The van der Waals surface area contributed by atoms with Crippen molar-refractivity contribution < 1.29 is 43.1 Å². The Bertz CT molecular complexity index is 1660. The van der Waals surface area contributed by atoms with Gasteiger partial charge >= 0.3 is 6.16 Å². The molecule has 4 aromatic rings. The molecule has 9 nitrogen and oxygen atoms in total. The molecular weight excluding hydrogens is 624 g/mol. The van der Waals surface area contributed by atoms with E-state index in [2.05, 4.69) is 52.0 Å². The number of carbonyl (C=O) groups is 1. The Morgan fingerprint density at radius 3 is 1.27 bits per heavy atom. The van der Waals surface area contributed by atoms with E-state index in [4.69, 9.17) is 33.2 Å². The van der Waals surface area contributed by atoms with Crippen molar-refractivity contribution >= 4 is 6.16 Å². The molecule has 49 heavy (non-hydrogen) atoms. The summed E-state index contributed by atoms with van der Waals surface area (Å²) in [6, 6.07) is 32.0. The van der Waals surface area contributed by atoms with Crippen LogP contribution in [0.1, 0.15) is 49.9 Å². The molecule has 0 aliphatic carbocycles. The van der Waals surface area contributed by atoms with Crippen LogP contribution >= 0.6 is 0 Å². The first kappa shape index (κ1) is 34.1. The molecule has 0 spiro atoms. The topological polar surface area (TPSA) is 105 Å². The van der Waals surface area contributed by atoms with Crippen molar-refractivity contribution in [3.63, 3.8) is 0 Å². The molecule has 0 bridgehead atoms. The van der Waals surface area contributed by atoms with Crippen molar-refractivity contribution in [2.24, 2.45) is 0 Å². The molecule has 9 heteroatoms. The van der Waals surface area contributed by atoms with Gasteiger partial charge in [-0.1, -0.05) is 76.2 Å². The second-order valence-corrected chi connectivity index (χ2v) is 13.5. The van der Waals surface area contributed by atoms with Crippen LogP contribution in [0, 0.1) is 0 Å². The number of cyclic esters (lactones) is 2. The Morgan fingerprint density at radius 2 is 0.939 bits per heavy atom. The second-order valence-electron chi connectivity index (χ2n) is 13.5. The van der Waals surface area contributed by atoms with Crippen LogP contribution in [0.15, 0.2) is 97.1 Å². The lowest BCUT2D eigenvalue weighted by atomic mass is 9.78. The fraction of sp³-hybridized carbons (Fsp3) is 0.375. The lowest BCUT2D eigenvalue weighted by Gasteiger charge is -2.27. The Balaban J connectivity index is 0.942. The first-order valence-corrected chi connectivity index (χ1v) is 16.6. The number of carbonyl (C=O) groups excluding carboxylic acids is 1. The summed E-state index contributed by atoms with van der Waals surface area (Å²) in [6.07, 6.45) is -1.61. The summed E-state index contributed by atoms with van der Waals surface area (Å²) in [7, 11) is 0. The average molecular weight is 669 g/mol. The molecule has 0 radical (unpaired) electrons. The van der Waals surface area contributed by atoms with Crippen LogP contribution < -0.4 is 18.9 Å². The summed E-state index contributed by atoms with van der Waals surface area (Å²) < 4.78 is 38.3. The third-order valence-electron chi connectivity index (χ3n) is 9.11. The van der Waals surface area contributed by atoms with Crippen LogP contribution in [0.25, 0.3) is 0 Å². The highest BCUT2D eigenvalue weighted by atomic mass is 16.8. The van der Waals surface area contributed by atoms with Crippen LogP contribution in [-0.2, 0) is 25.0 Å². The molecule has 2 saturated heterocycles. The molecule has 0 aromatic heterocycles. The first-order chi connectivity index (χ1) is 23.6. The highest BCUT2D eigenvalue weighted by Gasteiger charge is 2.27. The first-order valence-electron chi connectivity index (χ1n) is 16.6. The zero-order valence-corrected chi connectivity index (χ0v) is 28.4. The minimum atomic E-state index is -0.798. The molecule has 6 rings (SSSR count). The number of ether oxygens (including phenoxy) is 7. The molecule has 3 unspecified atom stereocenters. The van der Waals surface area contributed by atoms with E-state index in [-0.39, 0.29) is 43.4 Å². The Hall–Kier alpha value is -4.73. The fourth-order valence-electron chi connectivity index (χ4n) is 5.63. The van der Waals surface area contributed by atoms with Gasteiger partial charge in [0.2, 0.25) is 0 Å². The number of rotatable bonds is 16. The highest BCUT2D eigenvalue weighted by molar-refractivity contribution is 5.61. The molecule has 258 valence electrons. The lowest BCUT2D eigenvalue weighted by Crippen LogP contribution is -2.25. The monoisotopic (exact) mass is 668 g/mol. The van der Waals surface area contributed by atoms with Crippen molar-refractivity contribution in [3.8, 4) is 23.0 Å². The van der Waals surface area contributed by atoms with Gasteiger partial charge in [0, 0.05) is 10.8 Å². The maximum absolute atomic E-state index is 11.1. The minimum absolute atomic E-state index is 0.106. The van der Waals surface area contributed by atoms with E-state index in [9.17, 15) is 9.90 Å². The molecule has 0 saturated carbocycles. The molecular formula is C40H44O9. The smallest absolute Gasteiger partial charge is 0.491 e. The molecule has 2 aliphatic heterocycles. The van der Waals surface area contributed by atoms with Crippen molar-refractivity contribution in [2.45, 2.75) is 56.8 Å². The van der Waals surface area contributed by atoms with Gasteiger partial charge in [-0.2, -0.15) is 0 Å². The number of hydrogen-bond donors (Lipinski definition) is 1. The van der Waals surface area contributed by atoms with Gasteiger partial charge < -0.3 is 38.3 Å². The Labute approximate surface area is 287 Å². The predicted octanol–water partition coefficient (Wildman–Crippen LogP) is 6.85. The van der Waals surface area contributed by atoms with Crippen molar-refractivity contribution in [2.75, 3.05) is 39.6 Å². The summed E-state index contributed by atoms with van der Waals surface area (Å²) >= 11 is 0. The number of hydrogen-bond acceptors (Lipinski definition) is 9. The summed E-state index contributed by atoms with van der Waals surface area (Å²) in [5, 5.41) is 10.6. The largest absolute Gasteiger partial charge is 0.508 e. The van der Waals surface area contributed by atoms with Crippen LogP contribution in [0.3, 0.4) is 0 Å². The van der Waals surface area contributed by atoms with E-state index in [0.29, 0.717) is 23.9 Å². The van der Waals surface area contributed by atoms with E-state index in [1.165, 1.54) is 5.56 Å². The normalized spacial score (nSPS) is 17.9. The van der Waals surface area contributed by atoms with Gasteiger partial charge in [-0.15, -0.1) is 0 Å². The van der Waals surface area contributed by atoms with Crippen molar-refractivity contribution in [3.05, 3.63) is 119 Å². The van der Waals surface area contributed by atoms with Gasteiger partial charge in [-0.05, 0) is 70.8 Å². The van der Waals surface area contributed by atoms with Gasteiger partial charge in [0.15, 0.2) is 6.10 Å². The van der Waals surface area contributed by atoms with Crippen LogP contribution in [0.2, 0.25) is 0 Å². The highest BCUT2D eigenvalue weighted by Crippen LogP contribution is 2.35. The van der Waals surface area contributed by atoms with E-state index < -0.39 is 18.4 Å². The third-order valence-corrected chi connectivity index (χ3v) is 9.11.